The lowest BCUT2D eigenvalue weighted by Crippen LogP contribution is -2.38. The summed E-state index contributed by atoms with van der Waals surface area (Å²) in [6.45, 7) is 1.54. The monoisotopic (exact) mass is 396 g/mol. The largest absolute Gasteiger partial charge is 0.388 e. The number of nitrogens with one attached hydrogen (secondary N) is 2. The number of thiazole rings is 1. The van der Waals surface area contributed by atoms with Gasteiger partial charge in [-0.2, -0.15) is 0 Å². The number of hydrogen-bond donors (Lipinski definition) is 3. The predicted octanol–water partition coefficient (Wildman–Crippen LogP) is 3.46. The smallest absolute Gasteiger partial charge is 0.322 e. The SMILES string of the molecule is O=C(Nc1ccc(F)c(Cl)c1)N1CCc2nc(NCC3(O)CC3)sc2C1. The van der Waals surface area contributed by atoms with E-state index in [4.69, 9.17) is 11.6 Å². The van der Waals surface area contributed by atoms with E-state index >= 15 is 0 Å². The molecule has 0 radical (unpaired) electrons. The van der Waals surface area contributed by atoms with Gasteiger partial charge in [-0.25, -0.2) is 14.2 Å². The molecule has 2 aliphatic rings. The van der Waals surface area contributed by atoms with Gasteiger partial charge in [0.25, 0.3) is 0 Å². The second-order valence-electron chi connectivity index (χ2n) is 6.70. The summed E-state index contributed by atoms with van der Waals surface area (Å²) in [5.41, 5.74) is 0.875. The average Bonchev–Trinajstić information content (AvgIpc) is 3.20. The summed E-state index contributed by atoms with van der Waals surface area (Å²) in [6, 6.07) is 3.84. The van der Waals surface area contributed by atoms with Crippen molar-refractivity contribution in [2.75, 3.05) is 23.7 Å². The average molecular weight is 397 g/mol. The summed E-state index contributed by atoms with van der Waals surface area (Å²) >= 11 is 7.26. The van der Waals surface area contributed by atoms with Crippen molar-refractivity contribution in [1.82, 2.24) is 9.88 Å². The fourth-order valence-electron chi connectivity index (χ4n) is 2.78. The molecule has 4 rings (SSSR count). The van der Waals surface area contributed by atoms with Crippen LogP contribution in [0.15, 0.2) is 18.2 Å². The van der Waals surface area contributed by atoms with Crippen molar-refractivity contribution in [2.24, 2.45) is 0 Å². The zero-order valence-corrected chi connectivity index (χ0v) is 15.5. The second kappa shape index (κ2) is 6.68. The van der Waals surface area contributed by atoms with E-state index in [1.807, 2.05) is 0 Å². The van der Waals surface area contributed by atoms with E-state index in [1.165, 1.54) is 29.5 Å². The fourth-order valence-corrected chi connectivity index (χ4v) is 3.98. The van der Waals surface area contributed by atoms with E-state index in [-0.39, 0.29) is 11.1 Å². The highest BCUT2D eigenvalue weighted by atomic mass is 35.5. The molecule has 6 nitrogen and oxygen atoms in total. The van der Waals surface area contributed by atoms with Crippen LogP contribution in [0, 0.1) is 5.82 Å². The highest BCUT2D eigenvalue weighted by Gasteiger charge is 2.40. The Morgan fingerprint density at radius 3 is 3.00 bits per heavy atom. The lowest BCUT2D eigenvalue weighted by Gasteiger charge is -2.26. The minimum atomic E-state index is -0.575. The zero-order valence-electron chi connectivity index (χ0n) is 13.9. The van der Waals surface area contributed by atoms with Crippen LogP contribution in [-0.2, 0) is 13.0 Å². The van der Waals surface area contributed by atoms with Crippen molar-refractivity contribution in [3.8, 4) is 0 Å². The molecule has 1 aliphatic carbocycles. The van der Waals surface area contributed by atoms with Gasteiger partial charge >= 0.3 is 6.03 Å². The van der Waals surface area contributed by atoms with E-state index in [9.17, 15) is 14.3 Å². The van der Waals surface area contributed by atoms with E-state index in [0.717, 1.165) is 28.5 Å². The normalized spacial score (nSPS) is 17.6. The van der Waals surface area contributed by atoms with Crippen molar-refractivity contribution < 1.29 is 14.3 Å². The van der Waals surface area contributed by atoms with Gasteiger partial charge in [0.1, 0.15) is 5.82 Å². The van der Waals surface area contributed by atoms with Gasteiger partial charge in [0.05, 0.1) is 22.9 Å². The van der Waals surface area contributed by atoms with E-state index in [2.05, 4.69) is 15.6 Å². The van der Waals surface area contributed by atoms with Crippen LogP contribution in [0.1, 0.15) is 23.4 Å². The predicted molar refractivity (Wildman–Crippen MR) is 99.3 cm³/mol. The lowest BCUT2D eigenvalue weighted by atomic mass is 10.2. The molecule has 2 amide bonds. The Balaban J connectivity index is 1.38. The van der Waals surface area contributed by atoms with Gasteiger partial charge in [-0.15, -0.1) is 0 Å². The van der Waals surface area contributed by atoms with Gasteiger partial charge < -0.3 is 20.6 Å². The molecule has 1 aliphatic heterocycles. The van der Waals surface area contributed by atoms with E-state index < -0.39 is 11.4 Å². The van der Waals surface area contributed by atoms with Gasteiger partial charge in [0.15, 0.2) is 5.13 Å². The maximum Gasteiger partial charge on any atom is 0.322 e. The molecule has 26 heavy (non-hydrogen) atoms. The van der Waals surface area contributed by atoms with Crippen LogP contribution in [0.5, 0.6) is 0 Å². The van der Waals surface area contributed by atoms with Crippen LogP contribution in [0.25, 0.3) is 0 Å². The molecule has 0 saturated heterocycles. The van der Waals surface area contributed by atoms with Crippen LogP contribution in [0.4, 0.5) is 20.0 Å². The summed E-state index contributed by atoms with van der Waals surface area (Å²) in [7, 11) is 0. The number of aromatic nitrogens is 1. The molecule has 2 heterocycles. The van der Waals surface area contributed by atoms with Crippen LogP contribution >= 0.6 is 22.9 Å². The first-order valence-corrected chi connectivity index (χ1v) is 9.57. The topological polar surface area (TPSA) is 77.5 Å². The van der Waals surface area contributed by atoms with Gasteiger partial charge in [0.2, 0.25) is 0 Å². The summed E-state index contributed by atoms with van der Waals surface area (Å²) in [4.78, 5) is 19.7. The first-order chi connectivity index (χ1) is 12.4. The fraction of sp³-hybridized carbons (Fsp3) is 0.412. The van der Waals surface area contributed by atoms with E-state index in [0.29, 0.717) is 31.7 Å². The Hall–Kier alpha value is -1.90. The molecular formula is C17H18ClFN4O2S. The number of halogens is 2. The van der Waals surface area contributed by atoms with Gasteiger partial charge in [-0.1, -0.05) is 22.9 Å². The number of hydrogen-bond acceptors (Lipinski definition) is 5. The third-order valence-electron chi connectivity index (χ3n) is 4.59. The molecule has 2 aromatic rings. The quantitative estimate of drug-likeness (QED) is 0.739. The van der Waals surface area contributed by atoms with Crippen molar-refractivity contribution >= 4 is 39.8 Å². The molecule has 3 N–H and O–H groups in total. The first-order valence-electron chi connectivity index (χ1n) is 8.38. The lowest BCUT2D eigenvalue weighted by molar-refractivity contribution is 0.164. The maximum absolute atomic E-state index is 13.2. The molecule has 1 aromatic carbocycles. The van der Waals surface area contributed by atoms with Gasteiger partial charge in [-0.05, 0) is 31.0 Å². The maximum atomic E-state index is 13.2. The Labute approximate surface area is 159 Å². The van der Waals surface area contributed by atoms with Crippen LogP contribution in [0.3, 0.4) is 0 Å². The van der Waals surface area contributed by atoms with Crippen molar-refractivity contribution in [2.45, 2.75) is 31.4 Å². The minimum Gasteiger partial charge on any atom is -0.388 e. The summed E-state index contributed by atoms with van der Waals surface area (Å²) in [6.07, 6.45) is 2.33. The Kier molecular flexibility index (Phi) is 4.50. The standard InChI is InChI=1S/C17H18ClFN4O2S/c18-11-7-10(1-2-12(11)19)21-16(24)23-6-3-13-14(8-23)26-15(22-13)20-9-17(25)4-5-17/h1-2,7,25H,3-6,8-9H2,(H,20,22)(H,21,24). The number of carbonyl (C=O) groups excluding carboxylic acids is 1. The highest BCUT2D eigenvalue weighted by molar-refractivity contribution is 7.15. The van der Waals surface area contributed by atoms with Gasteiger partial charge in [0, 0.05) is 30.1 Å². The third kappa shape index (κ3) is 3.77. The van der Waals surface area contributed by atoms with Crippen molar-refractivity contribution in [3.63, 3.8) is 0 Å². The highest BCUT2D eigenvalue weighted by Crippen LogP contribution is 2.36. The number of anilines is 2. The van der Waals surface area contributed by atoms with Crippen LogP contribution < -0.4 is 10.6 Å². The molecule has 0 atom stereocenters. The minimum absolute atomic E-state index is 0.0285. The molecule has 1 saturated carbocycles. The Morgan fingerprint density at radius 2 is 2.27 bits per heavy atom. The number of fused-ring (bicyclic) bond motifs is 1. The number of nitrogens with zero attached hydrogens (tertiary/aromatic N) is 2. The number of benzene rings is 1. The van der Waals surface area contributed by atoms with E-state index in [1.54, 1.807) is 4.90 Å². The molecular weight excluding hydrogens is 379 g/mol. The Morgan fingerprint density at radius 1 is 1.46 bits per heavy atom. The van der Waals surface area contributed by atoms with Crippen molar-refractivity contribution in [3.05, 3.63) is 39.6 Å². The zero-order chi connectivity index (χ0) is 18.3. The first kappa shape index (κ1) is 17.5. The number of amides is 2. The molecule has 0 spiro atoms. The van der Waals surface area contributed by atoms with Gasteiger partial charge in [-0.3, -0.25) is 0 Å². The second-order valence-corrected chi connectivity index (χ2v) is 8.19. The number of aliphatic hydroxyl groups is 1. The Bertz CT molecular complexity index is 855. The molecule has 138 valence electrons. The number of rotatable bonds is 4. The molecule has 0 bridgehead atoms. The van der Waals surface area contributed by atoms with Crippen LogP contribution in [0.2, 0.25) is 5.02 Å². The third-order valence-corrected chi connectivity index (χ3v) is 5.91. The number of carbonyl (C=O) groups is 1. The molecule has 1 fully saturated rings. The number of urea groups is 1. The summed E-state index contributed by atoms with van der Waals surface area (Å²) < 4.78 is 13.2. The van der Waals surface area contributed by atoms with Crippen LogP contribution in [-0.4, -0.2) is 39.7 Å². The van der Waals surface area contributed by atoms with Crippen molar-refractivity contribution in [1.29, 1.82) is 0 Å². The molecule has 9 heteroatoms. The molecule has 0 unspecified atom stereocenters. The molecule has 1 aromatic heterocycles. The summed E-state index contributed by atoms with van der Waals surface area (Å²) in [5, 5.41) is 16.6. The summed E-state index contributed by atoms with van der Waals surface area (Å²) in [5.74, 6) is -0.521.